The summed E-state index contributed by atoms with van der Waals surface area (Å²) in [5, 5.41) is 3.77. The van der Waals surface area contributed by atoms with Crippen molar-refractivity contribution >= 4 is 17.5 Å². The third-order valence-corrected chi connectivity index (χ3v) is 4.22. The number of nitrogens with two attached hydrogens (primary N) is 1. The zero-order chi connectivity index (χ0) is 15.1. The molecule has 0 bridgehead atoms. The highest BCUT2D eigenvalue weighted by Gasteiger charge is 2.25. The molecule has 0 saturated heterocycles. The Kier molecular flexibility index (Phi) is 6.33. The van der Waals surface area contributed by atoms with Gasteiger partial charge in [-0.1, -0.05) is 24.4 Å². The molecular formula is C16H23ClN2O2. The number of rotatable bonds is 6. The SMILES string of the molecule is NCC1CCCCC1NC(=O)CCOc1ccc(Cl)cc1. The van der Waals surface area contributed by atoms with Gasteiger partial charge in [-0.3, -0.25) is 4.79 Å². The summed E-state index contributed by atoms with van der Waals surface area (Å²) in [6.07, 6.45) is 4.89. The normalized spacial score (nSPS) is 21.8. The van der Waals surface area contributed by atoms with E-state index in [-0.39, 0.29) is 11.9 Å². The van der Waals surface area contributed by atoms with Gasteiger partial charge in [0.2, 0.25) is 5.91 Å². The van der Waals surface area contributed by atoms with Gasteiger partial charge in [0.25, 0.3) is 0 Å². The fourth-order valence-corrected chi connectivity index (χ4v) is 2.88. The average Bonchev–Trinajstić information content (AvgIpc) is 2.50. The molecule has 2 unspecified atom stereocenters. The highest BCUT2D eigenvalue weighted by atomic mass is 35.5. The molecule has 1 aliphatic rings. The largest absolute Gasteiger partial charge is 0.493 e. The molecule has 5 heteroatoms. The van der Waals surface area contributed by atoms with E-state index in [2.05, 4.69) is 5.32 Å². The lowest BCUT2D eigenvalue weighted by molar-refractivity contribution is -0.122. The van der Waals surface area contributed by atoms with Crippen LogP contribution in [0, 0.1) is 5.92 Å². The van der Waals surface area contributed by atoms with Gasteiger partial charge in [-0.2, -0.15) is 0 Å². The molecule has 2 rings (SSSR count). The van der Waals surface area contributed by atoms with Crippen molar-refractivity contribution in [3.05, 3.63) is 29.3 Å². The van der Waals surface area contributed by atoms with Gasteiger partial charge in [0.15, 0.2) is 0 Å². The van der Waals surface area contributed by atoms with Crippen molar-refractivity contribution in [2.45, 2.75) is 38.1 Å². The summed E-state index contributed by atoms with van der Waals surface area (Å²) in [6.45, 7) is 1.01. The van der Waals surface area contributed by atoms with Gasteiger partial charge in [0, 0.05) is 11.1 Å². The number of carbonyl (C=O) groups is 1. The Labute approximate surface area is 131 Å². The molecule has 0 aliphatic heterocycles. The molecule has 1 aromatic rings. The molecule has 1 aliphatic carbocycles. The number of nitrogens with one attached hydrogen (secondary N) is 1. The van der Waals surface area contributed by atoms with Gasteiger partial charge >= 0.3 is 0 Å². The summed E-state index contributed by atoms with van der Waals surface area (Å²) < 4.78 is 5.53. The van der Waals surface area contributed by atoms with Crippen molar-refractivity contribution in [1.82, 2.24) is 5.32 Å². The summed E-state index contributed by atoms with van der Waals surface area (Å²) in [6, 6.07) is 7.36. The van der Waals surface area contributed by atoms with Gasteiger partial charge in [-0.15, -0.1) is 0 Å². The van der Waals surface area contributed by atoms with Crippen molar-refractivity contribution in [3.63, 3.8) is 0 Å². The lowest BCUT2D eigenvalue weighted by Gasteiger charge is -2.31. The molecule has 2 atom stereocenters. The maximum absolute atomic E-state index is 12.0. The van der Waals surface area contributed by atoms with E-state index < -0.39 is 0 Å². The van der Waals surface area contributed by atoms with Crippen LogP contribution in [0.1, 0.15) is 32.1 Å². The molecule has 0 aromatic heterocycles. The molecule has 116 valence electrons. The van der Waals surface area contributed by atoms with E-state index in [1.807, 2.05) is 0 Å². The Morgan fingerprint density at radius 2 is 2.00 bits per heavy atom. The number of ether oxygens (including phenoxy) is 1. The van der Waals surface area contributed by atoms with E-state index in [0.29, 0.717) is 30.5 Å². The Morgan fingerprint density at radius 3 is 2.71 bits per heavy atom. The third kappa shape index (κ3) is 5.21. The van der Waals surface area contributed by atoms with Gasteiger partial charge in [0.05, 0.1) is 13.0 Å². The molecule has 4 nitrogen and oxygen atoms in total. The van der Waals surface area contributed by atoms with Crippen molar-refractivity contribution in [3.8, 4) is 5.75 Å². The second-order valence-electron chi connectivity index (χ2n) is 5.51. The topological polar surface area (TPSA) is 64.3 Å². The lowest BCUT2D eigenvalue weighted by Crippen LogP contribution is -2.45. The van der Waals surface area contributed by atoms with E-state index in [1.165, 1.54) is 12.8 Å². The van der Waals surface area contributed by atoms with Crippen molar-refractivity contribution in [2.24, 2.45) is 11.7 Å². The zero-order valence-electron chi connectivity index (χ0n) is 12.2. The minimum atomic E-state index is 0.0364. The van der Waals surface area contributed by atoms with Gasteiger partial charge < -0.3 is 15.8 Å². The molecule has 0 spiro atoms. The quantitative estimate of drug-likeness (QED) is 0.849. The summed E-state index contributed by atoms with van der Waals surface area (Å²) in [5.41, 5.74) is 5.77. The second kappa shape index (κ2) is 8.25. The average molecular weight is 311 g/mol. The van der Waals surface area contributed by atoms with Crippen LogP contribution in [0.25, 0.3) is 0 Å². The first-order chi connectivity index (χ1) is 10.2. The van der Waals surface area contributed by atoms with Crippen LogP contribution >= 0.6 is 11.6 Å². The van der Waals surface area contributed by atoms with Gasteiger partial charge in [-0.05, 0) is 49.6 Å². The first-order valence-electron chi connectivity index (χ1n) is 7.57. The summed E-state index contributed by atoms with van der Waals surface area (Å²) in [5.74, 6) is 1.18. The van der Waals surface area contributed by atoms with Crippen molar-refractivity contribution < 1.29 is 9.53 Å². The second-order valence-corrected chi connectivity index (χ2v) is 5.94. The van der Waals surface area contributed by atoms with Crippen LogP contribution in [-0.2, 0) is 4.79 Å². The maximum Gasteiger partial charge on any atom is 0.223 e. The molecule has 1 fully saturated rings. The molecule has 1 saturated carbocycles. The molecular weight excluding hydrogens is 288 g/mol. The highest BCUT2D eigenvalue weighted by molar-refractivity contribution is 6.30. The van der Waals surface area contributed by atoms with Gasteiger partial charge in [0.1, 0.15) is 5.75 Å². The Hall–Kier alpha value is -1.26. The molecule has 21 heavy (non-hydrogen) atoms. The van der Waals surface area contributed by atoms with Crippen LogP contribution < -0.4 is 15.8 Å². The van der Waals surface area contributed by atoms with Crippen LogP contribution in [-0.4, -0.2) is 25.1 Å². The molecule has 0 heterocycles. The van der Waals surface area contributed by atoms with E-state index in [9.17, 15) is 4.79 Å². The molecule has 0 radical (unpaired) electrons. The lowest BCUT2D eigenvalue weighted by atomic mass is 9.84. The Bertz CT molecular complexity index is 450. The summed E-state index contributed by atoms with van der Waals surface area (Å²) in [4.78, 5) is 12.0. The fraction of sp³-hybridized carbons (Fsp3) is 0.562. The van der Waals surface area contributed by atoms with Crippen LogP contribution in [0.3, 0.4) is 0 Å². The first kappa shape index (κ1) is 16.1. The predicted molar refractivity (Wildman–Crippen MR) is 84.5 cm³/mol. The predicted octanol–water partition coefficient (Wildman–Crippen LogP) is 2.74. The van der Waals surface area contributed by atoms with Crippen molar-refractivity contribution in [1.29, 1.82) is 0 Å². The van der Waals surface area contributed by atoms with E-state index in [4.69, 9.17) is 22.1 Å². The van der Waals surface area contributed by atoms with Crippen LogP contribution in [0.4, 0.5) is 0 Å². The number of carbonyl (C=O) groups excluding carboxylic acids is 1. The first-order valence-corrected chi connectivity index (χ1v) is 7.94. The Morgan fingerprint density at radius 1 is 1.29 bits per heavy atom. The van der Waals surface area contributed by atoms with Crippen LogP contribution in [0.15, 0.2) is 24.3 Å². The molecule has 3 N–H and O–H groups in total. The zero-order valence-corrected chi connectivity index (χ0v) is 12.9. The number of hydrogen-bond acceptors (Lipinski definition) is 3. The third-order valence-electron chi connectivity index (χ3n) is 3.97. The van der Waals surface area contributed by atoms with Gasteiger partial charge in [-0.25, -0.2) is 0 Å². The smallest absolute Gasteiger partial charge is 0.223 e. The number of amides is 1. The Balaban J connectivity index is 1.70. The van der Waals surface area contributed by atoms with E-state index >= 15 is 0 Å². The van der Waals surface area contributed by atoms with Crippen LogP contribution in [0.2, 0.25) is 5.02 Å². The molecule has 1 amide bonds. The monoisotopic (exact) mass is 310 g/mol. The summed E-state index contributed by atoms with van der Waals surface area (Å²) >= 11 is 5.80. The van der Waals surface area contributed by atoms with E-state index in [1.54, 1.807) is 24.3 Å². The van der Waals surface area contributed by atoms with E-state index in [0.717, 1.165) is 18.6 Å². The maximum atomic E-state index is 12.0. The van der Waals surface area contributed by atoms with Crippen LogP contribution in [0.5, 0.6) is 5.75 Å². The molecule has 1 aromatic carbocycles. The fourth-order valence-electron chi connectivity index (χ4n) is 2.75. The standard InChI is InChI=1S/C16H23ClN2O2/c17-13-5-7-14(8-6-13)21-10-9-16(20)19-15-4-2-1-3-12(15)11-18/h5-8,12,15H,1-4,9-11,18H2,(H,19,20). The number of benzene rings is 1. The minimum Gasteiger partial charge on any atom is -0.493 e. The minimum absolute atomic E-state index is 0.0364. The number of hydrogen-bond donors (Lipinski definition) is 2. The highest BCUT2D eigenvalue weighted by Crippen LogP contribution is 2.23. The van der Waals surface area contributed by atoms with Crippen molar-refractivity contribution in [2.75, 3.05) is 13.2 Å². The summed E-state index contributed by atoms with van der Waals surface area (Å²) in [7, 11) is 0. The number of halogens is 1.